The van der Waals surface area contributed by atoms with E-state index in [1.807, 2.05) is 24.3 Å². The van der Waals surface area contributed by atoms with E-state index in [-0.39, 0.29) is 16.6 Å². The number of carbonyl (C=O) groups is 2. The Balaban J connectivity index is 2.36. The molecular weight excluding hydrogens is 374 g/mol. The molecule has 0 radical (unpaired) electrons. The second-order valence-corrected chi connectivity index (χ2v) is 8.09. The summed E-state index contributed by atoms with van der Waals surface area (Å²) < 4.78 is 0. The lowest BCUT2D eigenvalue weighted by atomic mass is 9.94. The van der Waals surface area contributed by atoms with Gasteiger partial charge < -0.3 is 10.2 Å². The van der Waals surface area contributed by atoms with Gasteiger partial charge >= 0.3 is 0 Å². The number of amides is 1. The standard InChI is InChI=1S/C22H28ClN3O2/c1-7-26(8-2)16-11-9-15(10-12-16)24-17-13-18(20(27)19(23)14(17)3)25-21(28)22(4,5)6/h9-13H,7-8H2,1-6H3,(H,25,28). The smallest absolute Gasteiger partial charge is 0.229 e. The fourth-order valence-electron chi connectivity index (χ4n) is 2.70. The third-order valence-corrected chi connectivity index (χ3v) is 5.05. The monoisotopic (exact) mass is 401 g/mol. The molecule has 0 fully saturated rings. The van der Waals surface area contributed by atoms with Gasteiger partial charge in [-0.05, 0) is 56.7 Å². The van der Waals surface area contributed by atoms with Crippen LogP contribution in [0, 0.1) is 5.41 Å². The summed E-state index contributed by atoms with van der Waals surface area (Å²) in [6.45, 7) is 13.2. The number of ketones is 1. The van der Waals surface area contributed by atoms with E-state index in [0.29, 0.717) is 11.3 Å². The lowest BCUT2D eigenvalue weighted by molar-refractivity contribution is -0.128. The van der Waals surface area contributed by atoms with E-state index >= 15 is 0 Å². The number of Topliss-reactive ketones (excluding diaryl/α,β-unsaturated/α-hetero) is 1. The molecule has 1 aliphatic rings. The van der Waals surface area contributed by atoms with Crippen LogP contribution in [-0.4, -0.2) is 30.5 Å². The van der Waals surface area contributed by atoms with E-state index in [1.54, 1.807) is 33.8 Å². The van der Waals surface area contributed by atoms with Gasteiger partial charge in [0.2, 0.25) is 11.7 Å². The van der Waals surface area contributed by atoms with Crippen molar-refractivity contribution < 1.29 is 9.59 Å². The number of hydrogen-bond donors (Lipinski definition) is 1. The van der Waals surface area contributed by atoms with Gasteiger partial charge in [0.15, 0.2) is 0 Å². The van der Waals surface area contributed by atoms with E-state index in [2.05, 4.69) is 29.1 Å². The highest BCUT2D eigenvalue weighted by molar-refractivity contribution is 6.49. The van der Waals surface area contributed by atoms with Crippen molar-refractivity contribution in [2.45, 2.75) is 41.5 Å². The second kappa shape index (κ2) is 8.74. The number of allylic oxidation sites excluding steroid dienone is 3. The van der Waals surface area contributed by atoms with Crippen molar-refractivity contribution in [1.29, 1.82) is 0 Å². The van der Waals surface area contributed by atoms with Crippen LogP contribution in [0.5, 0.6) is 0 Å². The van der Waals surface area contributed by atoms with Crippen LogP contribution in [0.1, 0.15) is 41.5 Å². The third-order valence-electron chi connectivity index (χ3n) is 4.60. The van der Waals surface area contributed by atoms with Gasteiger partial charge in [-0.3, -0.25) is 9.59 Å². The fraction of sp³-hybridized carbons (Fsp3) is 0.409. The van der Waals surface area contributed by atoms with Crippen molar-refractivity contribution >= 4 is 40.4 Å². The normalized spacial score (nSPS) is 16.3. The molecule has 1 aromatic carbocycles. The number of anilines is 1. The maximum absolute atomic E-state index is 12.4. The average Bonchev–Trinajstić information content (AvgIpc) is 2.65. The van der Waals surface area contributed by atoms with Crippen LogP contribution in [0.2, 0.25) is 0 Å². The number of halogens is 1. The number of nitrogens with zero attached hydrogens (tertiary/aromatic N) is 2. The van der Waals surface area contributed by atoms with Crippen molar-refractivity contribution in [3.8, 4) is 0 Å². The highest BCUT2D eigenvalue weighted by atomic mass is 35.5. The van der Waals surface area contributed by atoms with Crippen LogP contribution in [-0.2, 0) is 9.59 Å². The van der Waals surface area contributed by atoms with Crippen LogP contribution in [0.4, 0.5) is 11.4 Å². The Hall–Kier alpha value is -2.40. The number of carbonyl (C=O) groups excluding carboxylic acids is 2. The molecule has 1 aromatic rings. The summed E-state index contributed by atoms with van der Waals surface area (Å²) in [6.07, 6.45) is 1.59. The molecule has 0 aromatic heterocycles. The van der Waals surface area contributed by atoms with Crippen molar-refractivity contribution in [1.82, 2.24) is 5.32 Å². The summed E-state index contributed by atoms with van der Waals surface area (Å²) in [5, 5.41) is 2.76. The quantitative estimate of drug-likeness (QED) is 0.724. The number of benzene rings is 1. The van der Waals surface area contributed by atoms with Crippen LogP contribution in [0.25, 0.3) is 0 Å². The van der Waals surface area contributed by atoms with Gasteiger partial charge in [-0.15, -0.1) is 0 Å². The summed E-state index contributed by atoms with van der Waals surface area (Å²) in [5.41, 5.74) is 2.56. The van der Waals surface area contributed by atoms with Crippen molar-refractivity contribution in [2.24, 2.45) is 10.4 Å². The lowest BCUT2D eigenvalue weighted by Gasteiger charge is -2.22. The zero-order chi connectivity index (χ0) is 21.1. The fourth-order valence-corrected chi connectivity index (χ4v) is 2.89. The molecule has 0 unspecified atom stereocenters. The highest BCUT2D eigenvalue weighted by Gasteiger charge is 2.28. The van der Waals surface area contributed by atoms with Gasteiger partial charge in [0.1, 0.15) is 0 Å². The molecule has 0 atom stereocenters. The SMILES string of the molecule is CCN(CC)c1ccc(N=C2C=C(NC(=O)C(C)(C)C)C(=O)C(Cl)=C2C)cc1. The molecule has 1 amide bonds. The van der Waals surface area contributed by atoms with E-state index in [0.717, 1.165) is 24.5 Å². The minimum absolute atomic E-state index is 0.0743. The Labute approximate surface area is 172 Å². The Bertz CT molecular complexity index is 855. The number of rotatable bonds is 5. The summed E-state index contributed by atoms with van der Waals surface area (Å²) in [7, 11) is 0. The first kappa shape index (κ1) is 21.9. The molecular formula is C22H28ClN3O2. The predicted molar refractivity (Wildman–Crippen MR) is 116 cm³/mol. The Morgan fingerprint density at radius 2 is 1.71 bits per heavy atom. The van der Waals surface area contributed by atoms with Crippen LogP contribution >= 0.6 is 11.6 Å². The van der Waals surface area contributed by atoms with Gasteiger partial charge in [-0.25, -0.2) is 4.99 Å². The van der Waals surface area contributed by atoms with Gasteiger partial charge in [0, 0.05) is 24.2 Å². The highest BCUT2D eigenvalue weighted by Crippen LogP contribution is 2.26. The lowest BCUT2D eigenvalue weighted by Crippen LogP contribution is -2.38. The average molecular weight is 402 g/mol. The van der Waals surface area contributed by atoms with Gasteiger partial charge in [-0.2, -0.15) is 0 Å². The molecule has 1 N–H and O–H groups in total. The van der Waals surface area contributed by atoms with Crippen LogP contribution in [0.15, 0.2) is 51.6 Å². The van der Waals surface area contributed by atoms with Crippen molar-refractivity contribution in [2.75, 3.05) is 18.0 Å². The zero-order valence-corrected chi connectivity index (χ0v) is 18.1. The Morgan fingerprint density at radius 3 is 2.21 bits per heavy atom. The molecule has 0 bridgehead atoms. The Morgan fingerprint density at radius 1 is 1.14 bits per heavy atom. The number of aliphatic imine (C=N–C) groups is 1. The predicted octanol–water partition coefficient (Wildman–Crippen LogP) is 4.75. The first-order valence-electron chi connectivity index (χ1n) is 9.46. The summed E-state index contributed by atoms with van der Waals surface area (Å²) >= 11 is 6.23. The molecule has 0 spiro atoms. The van der Waals surface area contributed by atoms with Crippen LogP contribution < -0.4 is 10.2 Å². The minimum Gasteiger partial charge on any atom is -0.372 e. The first-order chi connectivity index (χ1) is 13.1. The molecule has 0 saturated heterocycles. The molecule has 1 aliphatic carbocycles. The number of nitrogens with one attached hydrogen (secondary N) is 1. The second-order valence-electron chi connectivity index (χ2n) is 7.72. The topological polar surface area (TPSA) is 61.8 Å². The Kier molecular flexibility index (Phi) is 6.83. The minimum atomic E-state index is -0.624. The van der Waals surface area contributed by atoms with Crippen LogP contribution in [0.3, 0.4) is 0 Å². The maximum atomic E-state index is 12.4. The van der Waals surface area contributed by atoms with Gasteiger partial charge in [0.25, 0.3) is 0 Å². The molecule has 2 rings (SSSR count). The molecule has 0 aliphatic heterocycles. The summed E-state index contributed by atoms with van der Waals surface area (Å²) in [4.78, 5) is 31.6. The molecule has 6 heteroatoms. The van der Waals surface area contributed by atoms with Crippen molar-refractivity contribution in [3.63, 3.8) is 0 Å². The van der Waals surface area contributed by atoms with Gasteiger partial charge in [-0.1, -0.05) is 32.4 Å². The molecule has 0 heterocycles. The summed E-state index contributed by atoms with van der Waals surface area (Å²) in [5.74, 6) is -0.647. The number of hydrogen-bond acceptors (Lipinski definition) is 4. The molecule has 28 heavy (non-hydrogen) atoms. The molecule has 0 saturated carbocycles. The van der Waals surface area contributed by atoms with E-state index < -0.39 is 11.2 Å². The van der Waals surface area contributed by atoms with Crippen molar-refractivity contribution in [3.05, 3.63) is 46.6 Å². The summed E-state index contributed by atoms with van der Waals surface area (Å²) in [6, 6.07) is 7.90. The molecule has 5 nitrogen and oxygen atoms in total. The third kappa shape index (κ3) is 4.90. The zero-order valence-electron chi connectivity index (χ0n) is 17.4. The van der Waals surface area contributed by atoms with E-state index in [9.17, 15) is 9.59 Å². The molecule has 150 valence electrons. The largest absolute Gasteiger partial charge is 0.372 e. The maximum Gasteiger partial charge on any atom is 0.229 e. The van der Waals surface area contributed by atoms with E-state index in [4.69, 9.17) is 11.6 Å². The van der Waals surface area contributed by atoms with Gasteiger partial charge in [0.05, 0.1) is 22.1 Å². The van der Waals surface area contributed by atoms with E-state index in [1.165, 1.54) is 0 Å². The first-order valence-corrected chi connectivity index (χ1v) is 9.84.